The van der Waals surface area contributed by atoms with E-state index in [0.717, 1.165) is 4.31 Å². The molecule has 8 heteroatoms. The van der Waals surface area contributed by atoms with Crippen LogP contribution in [0, 0.1) is 0 Å². The Balaban J connectivity index is 2.27. The quantitative estimate of drug-likeness (QED) is 0.775. The first kappa shape index (κ1) is 13.4. The summed E-state index contributed by atoms with van der Waals surface area (Å²) in [6.45, 7) is 0. The van der Waals surface area contributed by atoms with Crippen LogP contribution in [-0.2, 0) is 19.9 Å². The molecule has 6 nitrogen and oxygen atoms in total. The molecule has 2 rings (SSSR count). The molecule has 1 aliphatic heterocycles. The molecule has 0 N–H and O–H groups in total. The monoisotopic (exact) mass is 290 g/mol. The molecule has 18 heavy (non-hydrogen) atoms. The normalized spacial score (nSPS) is 23.3. The molecule has 0 radical (unpaired) electrons. The summed E-state index contributed by atoms with van der Waals surface area (Å²) >= 11 is 0. The zero-order chi connectivity index (χ0) is 13.4. The van der Waals surface area contributed by atoms with Crippen LogP contribution in [0.1, 0.15) is 6.42 Å². The molecule has 1 aromatic rings. The van der Waals surface area contributed by atoms with Gasteiger partial charge < -0.3 is 0 Å². The number of sulfone groups is 1. The fourth-order valence-electron chi connectivity index (χ4n) is 1.92. The molecular weight excluding hydrogens is 276 g/mol. The van der Waals surface area contributed by atoms with Crippen LogP contribution in [0.4, 0.5) is 0 Å². The van der Waals surface area contributed by atoms with Gasteiger partial charge in [-0.2, -0.15) is 4.31 Å². The molecule has 0 spiro atoms. The van der Waals surface area contributed by atoms with Crippen molar-refractivity contribution in [2.45, 2.75) is 17.4 Å². The Hall–Kier alpha value is -0.990. The van der Waals surface area contributed by atoms with Crippen molar-refractivity contribution in [3.8, 4) is 0 Å². The third kappa shape index (κ3) is 2.55. The third-order valence-electron chi connectivity index (χ3n) is 3.03. The van der Waals surface area contributed by atoms with Gasteiger partial charge in [-0.05, 0) is 18.6 Å². The molecule has 1 aliphatic rings. The summed E-state index contributed by atoms with van der Waals surface area (Å²) in [4.78, 5) is 3.84. The van der Waals surface area contributed by atoms with E-state index in [2.05, 4.69) is 4.98 Å². The minimum absolute atomic E-state index is 0.0462. The molecule has 0 aliphatic carbocycles. The van der Waals surface area contributed by atoms with Crippen molar-refractivity contribution in [3.05, 3.63) is 24.5 Å². The SMILES string of the molecule is CN(C1CCS(=O)(=O)C1)S(=O)(=O)c1cccnc1. The maximum absolute atomic E-state index is 12.2. The second kappa shape index (κ2) is 4.60. The highest BCUT2D eigenvalue weighted by Gasteiger charge is 2.36. The van der Waals surface area contributed by atoms with Gasteiger partial charge in [0.15, 0.2) is 9.84 Å². The van der Waals surface area contributed by atoms with E-state index in [1.165, 1.54) is 31.6 Å². The molecule has 1 aromatic heterocycles. The number of hydrogen-bond donors (Lipinski definition) is 0. The zero-order valence-electron chi connectivity index (χ0n) is 9.85. The van der Waals surface area contributed by atoms with E-state index in [1.54, 1.807) is 0 Å². The maximum Gasteiger partial charge on any atom is 0.244 e. The van der Waals surface area contributed by atoms with E-state index >= 15 is 0 Å². The van der Waals surface area contributed by atoms with Crippen LogP contribution in [0.3, 0.4) is 0 Å². The van der Waals surface area contributed by atoms with Crippen LogP contribution in [-0.4, -0.2) is 50.7 Å². The van der Waals surface area contributed by atoms with Crippen LogP contribution in [0.2, 0.25) is 0 Å². The van der Waals surface area contributed by atoms with E-state index in [-0.39, 0.29) is 16.4 Å². The maximum atomic E-state index is 12.2. The summed E-state index contributed by atoms with van der Waals surface area (Å²) in [5, 5.41) is 0. The molecule has 0 amide bonds. The van der Waals surface area contributed by atoms with Gasteiger partial charge in [-0.3, -0.25) is 4.98 Å². The first-order valence-corrected chi connectivity index (χ1v) is 8.67. The van der Waals surface area contributed by atoms with Crippen LogP contribution in [0.25, 0.3) is 0 Å². The van der Waals surface area contributed by atoms with Crippen molar-refractivity contribution < 1.29 is 16.8 Å². The Labute approximate surface area is 107 Å². The van der Waals surface area contributed by atoms with Crippen LogP contribution in [0.15, 0.2) is 29.4 Å². The minimum atomic E-state index is -3.67. The Bertz CT molecular complexity index is 625. The second-order valence-electron chi connectivity index (χ2n) is 4.27. The van der Waals surface area contributed by atoms with E-state index in [1.807, 2.05) is 0 Å². The lowest BCUT2D eigenvalue weighted by Gasteiger charge is -2.22. The number of pyridine rings is 1. The van der Waals surface area contributed by atoms with Crippen molar-refractivity contribution in [2.75, 3.05) is 18.6 Å². The van der Waals surface area contributed by atoms with Gasteiger partial charge in [0.1, 0.15) is 4.90 Å². The van der Waals surface area contributed by atoms with E-state index in [0.29, 0.717) is 6.42 Å². The lowest BCUT2D eigenvalue weighted by Crippen LogP contribution is -2.37. The van der Waals surface area contributed by atoms with Gasteiger partial charge in [0, 0.05) is 25.5 Å². The molecule has 0 aromatic carbocycles. The average Bonchev–Trinajstić information content (AvgIpc) is 2.69. The van der Waals surface area contributed by atoms with Gasteiger partial charge >= 0.3 is 0 Å². The standard InChI is InChI=1S/C10H14N2O4S2/c1-12(9-4-6-17(13,14)8-9)18(15,16)10-3-2-5-11-7-10/h2-3,5,7,9H,4,6,8H2,1H3. The number of sulfonamides is 1. The van der Waals surface area contributed by atoms with E-state index in [9.17, 15) is 16.8 Å². The van der Waals surface area contributed by atoms with Crippen LogP contribution in [0.5, 0.6) is 0 Å². The molecular formula is C10H14N2O4S2. The Morgan fingerprint density at radius 3 is 2.67 bits per heavy atom. The molecule has 0 bridgehead atoms. The van der Waals surface area contributed by atoms with E-state index < -0.39 is 25.9 Å². The fraction of sp³-hybridized carbons (Fsp3) is 0.500. The molecule has 1 saturated heterocycles. The molecule has 1 unspecified atom stereocenters. The average molecular weight is 290 g/mol. The van der Waals surface area contributed by atoms with Crippen molar-refractivity contribution in [1.29, 1.82) is 0 Å². The Morgan fingerprint density at radius 2 is 2.17 bits per heavy atom. The van der Waals surface area contributed by atoms with Crippen molar-refractivity contribution in [3.63, 3.8) is 0 Å². The van der Waals surface area contributed by atoms with Crippen molar-refractivity contribution in [1.82, 2.24) is 9.29 Å². The summed E-state index contributed by atoms with van der Waals surface area (Å²) < 4.78 is 48.3. The number of nitrogens with zero attached hydrogens (tertiary/aromatic N) is 2. The summed E-state index contributed by atoms with van der Waals surface area (Å²) in [6.07, 6.45) is 3.09. The number of aromatic nitrogens is 1. The summed E-state index contributed by atoms with van der Waals surface area (Å²) in [7, 11) is -5.36. The van der Waals surface area contributed by atoms with Crippen LogP contribution < -0.4 is 0 Å². The first-order chi connectivity index (χ1) is 8.33. The number of rotatable bonds is 3. The predicted octanol–water partition coefficient (Wildman–Crippen LogP) is -0.111. The molecule has 1 atom stereocenters. The molecule has 100 valence electrons. The van der Waals surface area contributed by atoms with Crippen LogP contribution >= 0.6 is 0 Å². The predicted molar refractivity (Wildman–Crippen MR) is 66.2 cm³/mol. The Kier molecular flexibility index (Phi) is 3.43. The molecule has 0 saturated carbocycles. The lowest BCUT2D eigenvalue weighted by atomic mass is 10.3. The summed E-state index contributed by atoms with van der Waals surface area (Å²) in [5.74, 6) is -0.0619. The Morgan fingerprint density at radius 1 is 1.44 bits per heavy atom. The van der Waals surface area contributed by atoms with Gasteiger partial charge in [-0.25, -0.2) is 16.8 Å². The van der Waals surface area contributed by atoms with Gasteiger partial charge in [-0.1, -0.05) is 0 Å². The summed E-state index contributed by atoms with van der Waals surface area (Å²) in [6, 6.07) is 2.49. The molecule has 2 heterocycles. The van der Waals surface area contributed by atoms with E-state index in [4.69, 9.17) is 0 Å². The third-order valence-corrected chi connectivity index (χ3v) is 6.68. The largest absolute Gasteiger partial charge is 0.263 e. The zero-order valence-corrected chi connectivity index (χ0v) is 11.5. The highest BCUT2D eigenvalue weighted by atomic mass is 32.2. The smallest absolute Gasteiger partial charge is 0.244 e. The molecule has 1 fully saturated rings. The van der Waals surface area contributed by atoms with Crippen molar-refractivity contribution >= 4 is 19.9 Å². The lowest BCUT2D eigenvalue weighted by molar-refractivity contribution is 0.394. The fourth-order valence-corrected chi connectivity index (χ4v) is 5.14. The summed E-state index contributed by atoms with van der Waals surface area (Å²) in [5.41, 5.74) is 0. The van der Waals surface area contributed by atoms with Gasteiger partial charge in [0.05, 0.1) is 11.5 Å². The second-order valence-corrected chi connectivity index (χ2v) is 8.49. The van der Waals surface area contributed by atoms with Crippen molar-refractivity contribution in [2.24, 2.45) is 0 Å². The highest BCUT2D eigenvalue weighted by Crippen LogP contribution is 2.22. The minimum Gasteiger partial charge on any atom is -0.263 e. The topological polar surface area (TPSA) is 84.4 Å². The highest BCUT2D eigenvalue weighted by molar-refractivity contribution is 7.92. The first-order valence-electron chi connectivity index (χ1n) is 5.41. The van der Waals surface area contributed by atoms with Gasteiger partial charge in [0.2, 0.25) is 10.0 Å². The number of hydrogen-bond acceptors (Lipinski definition) is 5. The van der Waals surface area contributed by atoms with Gasteiger partial charge in [-0.15, -0.1) is 0 Å². The van der Waals surface area contributed by atoms with Gasteiger partial charge in [0.25, 0.3) is 0 Å².